The standard InChI is InChI=1S/C28H19N/c1-18-14-15-25-28-24(22-12-5-6-13-23(22)27(18)28)17-26(29-25)21-11-7-10-20(16-21)19-8-3-2-4-9-19/h2-17H,1H3. The molecule has 0 radical (unpaired) electrons. The molecule has 0 bridgehead atoms. The molecule has 0 saturated heterocycles. The Morgan fingerprint density at radius 2 is 1.28 bits per heavy atom. The lowest BCUT2D eigenvalue weighted by Crippen LogP contribution is -1.89. The second-order valence-corrected chi connectivity index (χ2v) is 7.70. The van der Waals surface area contributed by atoms with Crippen LogP contribution in [0.4, 0.5) is 0 Å². The van der Waals surface area contributed by atoms with Gasteiger partial charge in [0.1, 0.15) is 0 Å². The maximum atomic E-state index is 5.07. The Labute approximate surface area is 170 Å². The Morgan fingerprint density at radius 3 is 2.14 bits per heavy atom. The van der Waals surface area contributed by atoms with Crippen LogP contribution in [0.15, 0.2) is 97.1 Å². The van der Waals surface area contributed by atoms with E-state index in [1.54, 1.807) is 0 Å². The van der Waals surface area contributed by atoms with Gasteiger partial charge in [0.15, 0.2) is 0 Å². The molecule has 0 saturated carbocycles. The van der Waals surface area contributed by atoms with E-state index in [0.717, 1.165) is 16.8 Å². The minimum atomic E-state index is 1.02. The molecule has 1 aliphatic carbocycles. The zero-order chi connectivity index (χ0) is 19.4. The van der Waals surface area contributed by atoms with Crippen molar-refractivity contribution < 1.29 is 0 Å². The normalized spacial score (nSPS) is 11.6. The van der Waals surface area contributed by atoms with Gasteiger partial charge in [-0.2, -0.15) is 0 Å². The van der Waals surface area contributed by atoms with Crippen LogP contribution in [-0.2, 0) is 0 Å². The van der Waals surface area contributed by atoms with Crippen LogP contribution in [0.5, 0.6) is 0 Å². The summed E-state index contributed by atoms with van der Waals surface area (Å²) in [6.07, 6.45) is 0. The number of rotatable bonds is 2. The molecule has 0 fully saturated rings. The summed E-state index contributed by atoms with van der Waals surface area (Å²) < 4.78 is 0. The number of aromatic nitrogens is 1. The molecule has 0 unspecified atom stereocenters. The van der Waals surface area contributed by atoms with Crippen LogP contribution in [-0.4, -0.2) is 4.98 Å². The molecule has 4 aromatic carbocycles. The molecule has 1 aromatic heterocycles. The van der Waals surface area contributed by atoms with E-state index >= 15 is 0 Å². The topological polar surface area (TPSA) is 12.9 Å². The van der Waals surface area contributed by atoms with Gasteiger partial charge in [-0.15, -0.1) is 0 Å². The number of hydrogen-bond acceptors (Lipinski definition) is 1. The van der Waals surface area contributed by atoms with Gasteiger partial charge in [0.2, 0.25) is 0 Å². The molecule has 0 N–H and O–H groups in total. The maximum Gasteiger partial charge on any atom is 0.0722 e. The van der Waals surface area contributed by atoms with Crippen molar-refractivity contribution in [1.29, 1.82) is 0 Å². The fourth-order valence-corrected chi connectivity index (χ4v) is 4.56. The summed E-state index contributed by atoms with van der Waals surface area (Å²) in [7, 11) is 0. The third kappa shape index (κ3) is 2.44. The highest BCUT2D eigenvalue weighted by molar-refractivity contribution is 6.15. The molecule has 0 aliphatic heterocycles. The molecule has 136 valence electrons. The summed E-state index contributed by atoms with van der Waals surface area (Å²) >= 11 is 0. The largest absolute Gasteiger partial charge is 0.248 e. The summed E-state index contributed by atoms with van der Waals surface area (Å²) in [4.78, 5) is 5.07. The molecule has 1 heterocycles. The average molecular weight is 369 g/mol. The zero-order valence-electron chi connectivity index (χ0n) is 16.2. The molecule has 0 spiro atoms. The first-order valence-electron chi connectivity index (χ1n) is 9.99. The third-order valence-electron chi connectivity index (χ3n) is 5.94. The summed E-state index contributed by atoms with van der Waals surface area (Å²) in [5, 5.41) is 1.29. The van der Waals surface area contributed by atoms with Gasteiger partial charge >= 0.3 is 0 Å². The highest BCUT2D eigenvalue weighted by Gasteiger charge is 2.24. The van der Waals surface area contributed by atoms with Crippen molar-refractivity contribution in [2.75, 3.05) is 0 Å². The first kappa shape index (κ1) is 16.3. The fraction of sp³-hybridized carbons (Fsp3) is 0.0357. The predicted molar refractivity (Wildman–Crippen MR) is 122 cm³/mol. The maximum absolute atomic E-state index is 5.07. The summed E-state index contributed by atoms with van der Waals surface area (Å²) in [5.74, 6) is 0. The SMILES string of the molecule is Cc1ccc2nc(-c3cccc(-c4ccccc4)c3)cc3c2c1-c1ccccc1-3. The van der Waals surface area contributed by atoms with E-state index in [0.29, 0.717) is 0 Å². The van der Waals surface area contributed by atoms with Gasteiger partial charge in [0.05, 0.1) is 11.2 Å². The van der Waals surface area contributed by atoms with Gasteiger partial charge in [-0.3, -0.25) is 0 Å². The van der Waals surface area contributed by atoms with Crippen LogP contribution in [0.25, 0.3) is 55.5 Å². The number of nitrogens with zero attached hydrogens (tertiary/aromatic N) is 1. The predicted octanol–water partition coefficient (Wildman–Crippen LogP) is 7.52. The lowest BCUT2D eigenvalue weighted by Gasteiger charge is -2.10. The van der Waals surface area contributed by atoms with E-state index < -0.39 is 0 Å². The minimum absolute atomic E-state index is 1.02. The van der Waals surface area contributed by atoms with Crippen molar-refractivity contribution in [3.05, 3.63) is 103 Å². The van der Waals surface area contributed by atoms with E-state index in [9.17, 15) is 0 Å². The van der Waals surface area contributed by atoms with Crippen molar-refractivity contribution in [1.82, 2.24) is 4.98 Å². The molecule has 5 aromatic rings. The lowest BCUT2D eigenvalue weighted by molar-refractivity contribution is 1.39. The fourth-order valence-electron chi connectivity index (χ4n) is 4.56. The number of hydrogen-bond donors (Lipinski definition) is 0. The van der Waals surface area contributed by atoms with E-state index in [4.69, 9.17) is 4.98 Å². The number of benzene rings is 4. The van der Waals surface area contributed by atoms with Gasteiger partial charge in [-0.25, -0.2) is 4.98 Å². The van der Waals surface area contributed by atoms with E-state index in [1.165, 1.54) is 44.3 Å². The number of fused-ring (bicyclic) bond motifs is 3. The molecule has 1 heteroatoms. The summed E-state index contributed by atoms with van der Waals surface area (Å²) in [6, 6.07) is 34.5. The average Bonchev–Trinajstić information content (AvgIpc) is 3.13. The summed E-state index contributed by atoms with van der Waals surface area (Å²) in [5.41, 5.74) is 12.3. The highest BCUT2D eigenvalue weighted by atomic mass is 14.7. The molecular formula is C28H19N. The van der Waals surface area contributed by atoms with Crippen molar-refractivity contribution in [3.8, 4) is 44.6 Å². The number of pyridine rings is 1. The van der Waals surface area contributed by atoms with E-state index in [-0.39, 0.29) is 0 Å². The monoisotopic (exact) mass is 369 g/mol. The first-order chi connectivity index (χ1) is 14.3. The van der Waals surface area contributed by atoms with Crippen LogP contribution in [0.2, 0.25) is 0 Å². The second-order valence-electron chi connectivity index (χ2n) is 7.70. The molecule has 0 atom stereocenters. The van der Waals surface area contributed by atoms with Crippen LogP contribution >= 0.6 is 0 Å². The first-order valence-corrected chi connectivity index (χ1v) is 9.99. The third-order valence-corrected chi connectivity index (χ3v) is 5.94. The van der Waals surface area contributed by atoms with Crippen molar-refractivity contribution in [3.63, 3.8) is 0 Å². The lowest BCUT2D eigenvalue weighted by atomic mass is 9.98. The molecule has 29 heavy (non-hydrogen) atoms. The van der Waals surface area contributed by atoms with Crippen LogP contribution in [0, 0.1) is 6.92 Å². The van der Waals surface area contributed by atoms with Crippen LogP contribution < -0.4 is 0 Å². The van der Waals surface area contributed by atoms with E-state index in [1.807, 2.05) is 0 Å². The Hall–Kier alpha value is -3.71. The molecular weight excluding hydrogens is 350 g/mol. The van der Waals surface area contributed by atoms with Gasteiger partial charge in [-0.05, 0) is 64.1 Å². The zero-order valence-corrected chi connectivity index (χ0v) is 16.2. The number of aryl methyl sites for hydroxylation is 1. The van der Waals surface area contributed by atoms with Crippen molar-refractivity contribution >= 4 is 10.9 Å². The van der Waals surface area contributed by atoms with Crippen LogP contribution in [0.1, 0.15) is 5.56 Å². The Balaban J connectivity index is 1.60. The molecule has 1 aliphatic rings. The molecule has 1 nitrogen and oxygen atoms in total. The quantitative estimate of drug-likeness (QED) is 0.307. The van der Waals surface area contributed by atoms with Gasteiger partial charge < -0.3 is 0 Å². The van der Waals surface area contributed by atoms with Gasteiger partial charge in [0.25, 0.3) is 0 Å². The smallest absolute Gasteiger partial charge is 0.0722 e. The molecule has 6 rings (SSSR count). The van der Waals surface area contributed by atoms with Crippen LogP contribution in [0.3, 0.4) is 0 Å². The highest BCUT2D eigenvalue weighted by Crippen LogP contribution is 2.49. The van der Waals surface area contributed by atoms with Gasteiger partial charge in [-0.1, -0.05) is 78.9 Å². The van der Waals surface area contributed by atoms with Crippen molar-refractivity contribution in [2.24, 2.45) is 0 Å². The molecule has 0 amide bonds. The Morgan fingerprint density at radius 1 is 0.552 bits per heavy atom. The van der Waals surface area contributed by atoms with Crippen molar-refractivity contribution in [2.45, 2.75) is 6.92 Å². The second kappa shape index (κ2) is 6.15. The Kier molecular flexibility index (Phi) is 3.45. The summed E-state index contributed by atoms with van der Waals surface area (Å²) in [6.45, 7) is 2.19. The van der Waals surface area contributed by atoms with Gasteiger partial charge in [0, 0.05) is 10.9 Å². The van der Waals surface area contributed by atoms with E-state index in [2.05, 4.69) is 104 Å². The Bertz CT molecular complexity index is 1400. The minimum Gasteiger partial charge on any atom is -0.248 e.